The summed E-state index contributed by atoms with van der Waals surface area (Å²) in [7, 11) is 3.41. The highest BCUT2D eigenvalue weighted by Gasteiger charge is 2.41. The Morgan fingerprint density at radius 2 is 2.03 bits per heavy atom. The molecule has 1 aromatic rings. The van der Waals surface area contributed by atoms with Crippen molar-refractivity contribution in [2.45, 2.75) is 63.0 Å². The molecule has 1 atom stereocenters. The van der Waals surface area contributed by atoms with Gasteiger partial charge in [-0.15, -0.1) is 0 Å². The number of carbonyl (C=O) groups is 3. The first-order chi connectivity index (χ1) is 15.4. The summed E-state index contributed by atoms with van der Waals surface area (Å²) >= 11 is 0. The zero-order valence-electron chi connectivity index (χ0n) is 19.0. The van der Waals surface area contributed by atoms with Gasteiger partial charge in [-0.1, -0.05) is 19.3 Å². The molecule has 0 radical (unpaired) electrons. The van der Waals surface area contributed by atoms with Crippen LogP contribution in [0, 0.1) is 0 Å². The lowest BCUT2D eigenvalue weighted by Crippen LogP contribution is -2.47. The van der Waals surface area contributed by atoms with Gasteiger partial charge in [-0.3, -0.25) is 14.4 Å². The molecule has 1 saturated carbocycles. The summed E-state index contributed by atoms with van der Waals surface area (Å²) < 4.78 is 11.6. The van der Waals surface area contributed by atoms with Crippen molar-refractivity contribution >= 4 is 17.7 Å². The van der Waals surface area contributed by atoms with Gasteiger partial charge in [0.15, 0.2) is 0 Å². The number of likely N-dealkylation sites (N-methyl/N-ethyl adjacent to an activating group) is 1. The lowest BCUT2D eigenvalue weighted by atomic mass is 9.94. The number of hydrogen-bond acceptors (Lipinski definition) is 5. The summed E-state index contributed by atoms with van der Waals surface area (Å²) in [4.78, 5) is 41.8. The Balaban J connectivity index is 1.44. The Labute approximate surface area is 189 Å². The average Bonchev–Trinajstić information content (AvgIpc) is 3.06. The summed E-state index contributed by atoms with van der Waals surface area (Å²) in [5.74, 6) is 0.818. The maximum Gasteiger partial charge on any atom is 0.255 e. The largest absolute Gasteiger partial charge is 0.497 e. The van der Waals surface area contributed by atoms with Crippen LogP contribution in [0.1, 0.15) is 61.7 Å². The van der Waals surface area contributed by atoms with E-state index in [-0.39, 0.29) is 36.7 Å². The van der Waals surface area contributed by atoms with Crippen molar-refractivity contribution in [3.8, 4) is 11.5 Å². The van der Waals surface area contributed by atoms with Crippen LogP contribution >= 0.6 is 0 Å². The molecule has 0 bridgehead atoms. The molecule has 32 heavy (non-hydrogen) atoms. The van der Waals surface area contributed by atoms with Gasteiger partial charge in [-0.2, -0.15) is 0 Å². The molecular weight excluding hydrogens is 410 g/mol. The van der Waals surface area contributed by atoms with Crippen LogP contribution in [0.3, 0.4) is 0 Å². The minimum Gasteiger partial charge on any atom is -0.497 e. The van der Waals surface area contributed by atoms with Gasteiger partial charge >= 0.3 is 0 Å². The molecule has 2 heterocycles. The Morgan fingerprint density at radius 1 is 1.25 bits per heavy atom. The van der Waals surface area contributed by atoms with Crippen LogP contribution in [-0.4, -0.2) is 73.0 Å². The molecule has 174 valence electrons. The van der Waals surface area contributed by atoms with Crippen LogP contribution < -0.4 is 14.8 Å². The quantitative estimate of drug-likeness (QED) is 0.772. The van der Waals surface area contributed by atoms with Crippen molar-refractivity contribution in [1.82, 2.24) is 15.1 Å². The second-order valence-electron chi connectivity index (χ2n) is 9.19. The van der Waals surface area contributed by atoms with E-state index >= 15 is 0 Å². The van der Waals surface area contributed by atoms with Gasteiger partial charge in [0.2, 0.25) is 11.8 Å². The predicted octanol–water partition coefficient (Wildman–Crippen LogP) is 2.36. The number of amides is 3. The fraction of sp³-hybridized carbons (Fsp3) is 0.625. The minimum absolute atomic E-state index is 0.00581. The van der Waals surface area contributed by atoms with E-state index in [0.717, 1.165) is 25.7 Å². The zero-order valence-corrected chi connectivity index (χ0v) is 19.0. The van der Waals surface area contributed by atoms with E-state index < -0.39 is 5.60 Å². The SMILES string of the molecule is COc1ccc2c(c1)C(=O)NCC1(CCC(=O)N(CC(=O)N(C)C3CCCCC3)CC1)O2. The summed E-state index contributed by atoms with van der Waals surface area (Å²) in [5, 5.41) is 2.95. The van der Waals surface area contributed by atoms with Crippen molar-refractivity contribution in [3.05, 3.63) is 23.8 Å². The van der Waals surface area contributed by atoms with Gasteiger partial charge in [0.1, 0.15) is 17.1 Å². The standard InChI is InChI=1S/C24H33N3O5/c1-26(17-6-4-3-5-7-17)22(29)15-27-13-12-24(11-10-21(27)28)16-25-23(30)19-14-18(31-2)8-9-20(19)32-24/h8-9,14,17H,3-7,10-13,15-16H2,1-2H3,(H,25,30). The Morgan fingerprint density at radius 3 is 2.78 bits per heavy atom. The number of likely N-dealkylation sites (tertiary alicyclic amines) is 1. The molecule has 0 aromatic heterocycles. The number of methoxy groups -OCH3 is 1. The molecule has 8 nitrogen and oxygen atoms in total. The van der Waals surface area contributed by atoms with Crippen molar-refractivity contribution in [3.63, 3.8) is 0 Å². The smallest absolute Gasteiger partial charge is 0.255 e. The molecule has 8 heteroatoms. The topological polar surface area (TPSA) is 88.2 Å². The summed E-state index contributed by atoms with van der Waals surface area (Å²) in [6, 6.07) is 5.45. The Hall–Kier alpha value is -2.77. The van der Waals surface area contributed by atoms with Crippen LogP contribution in [-0.2, 0) is 9.59 Å². The minimum atomic E-state index is -0.682. The first kappa shape index (κ1) is 22.4. The third kappa shape index (κ3) is 4.69. The second kappa shape index (κ2) is 9.38. The predicted molar refractivity (Wildman–Crippen MR) is 119 cm³/mol. The van der Waals surface area contributed by atoms with E-state index in [2.05, 4.69) is 5.32 Å². The zero-order chi connectivity index (χ0) is 22.7. The van der Waals surface area contributed by atoms with Gasteiger partial charge in [0.05, 0.1) is 25.8 Å². The fourth-order valence-electron chi connectivity index (χ4n) is 4.98. The van der Waals surface area contributed by atoms with E-state index in [4.69, 9.17) is 9.47 Å². The third-order valence-corrected chi connectivity index (χ3v) is 7.16. The molecule has 1 aromatic carbocycles. The number of nitrogens with zero attached hydrogens (tertiary/aromatic N) is 2. The highest BCUT2D eigenvalue weighted by Crippen LogP contribution is 2.35. The second-order valence-corrected chi connectivity index (χ2v) is 9.19. The number of rotatable bonds is 4. The Kier molecular flexibility index (Phi) is 6.58. The Bertz CT molecular complexity index is 882. The van der Waals surface area contributed by atoms with E-state index in [1.807, 2.05) is 11.9 Å². The normalized spacial score (nSPS) is 24.1. The van der Waals surface area contributed by atoms with Gasteiger partial charge in [-0.05, 0) is 37.5 Å². The van der Waals surface area contributed by atoms with Gasteiger partial charge < -0.3 is 24.6 Å². The lowest BCUT2D eigenvalue weighted by Gasteiger charge is -2.33. The van der Waals surface area contributed by atoms with Crippen molar-refractivity contribution in [2.75, 3.05) is 33.8 Å². The number of carbonyl (C=O) groups excluding carboxylic acids is 3. The van der Waals surface area contributed by atoms with E-state index in [1.165, 1.54) is 6.42 Å². The molecule has 4 rings (SSSR count). The molecule has 1 aliphatic carbocycles. The summed E-state index contributed by atoms with van der Waals surface area (Å²) in [6.07, 6.45) is 6.94. The van der Waals surface area contributed by atoms with Crippen molar-refractivity contribution in [1.29, 1.82) is 0 Å². The van der Waals surface area contributed by atoms with E-state index in [1.54, 1.807) is 30.2 Å². The third-order valence-electron chi connectivity index (χ3n) is 7.16. The molecule has 2 aliphatic heterocycles. The molecule has 1 spiro atoms. The fourth-order valence-corrected chi connectivity index (χ4v) is 4.98. The van der Waals surface area contributed by atoms with Crippen LogP contribution in [0.4, 0.5) is 0 Å². The van der Waals surface area contributed by atoms with Crippen molar-refractivity contribution in [2.24, 2.45) is 0 Å². The molecular formula is C24H33N3O5. The maximum absolute atomic E-state index is 12.9. The van der Waals surface area contributed by atoms with Crippen LogP contribution in [0.5, 0.6) is 11.5 Å². The lowest BCUT2D eigenvalue weighted by molar-refractivity contribution is -0.141. The van der Waals surface area contributed by atoms with Crippen LogP contribution in [0.25, 0.3) is 0 Å². The molecule has 2 fully saturated rings. The number of hydrogen-bond donors (Lipinski definition) is 1. The van der Waals surface area contributed by atoms with Gasteiger partial charge in [0, 0.05) is 32.5 Å². The van der Waals surface area contributed by atoms with E-state index in [0.29, 0.717) is 43.0 Å². The molecule has 3 aliphatic rings. The first-order valence-electron chi connectivity index (χ1n) is 11.6. The van der Waals surface area contributed by atoms with Gasteiger partial charge in [-0.25, -0.2) is 0 Å². The summed E-state index contributed by atoms with van der Waals surface area (Å²) in [5.41, 5.74) is -0.254. The molecule has 3 amide bonds. The molecule has 1 N–H and O–H groups in total. The summed E-state index contributed by atoms with van der Waals surface area (Å²) in [6.45, 7) is 0.840. The first-order valence-corrected chi connectivity index (χ1v) is 11.6. The average molecular weight is 444 g/mol. The number of nitrogens with one attached hydrogen (secondary N) is 1. The molecule has 1 unspecified atom stereocenters. The van der Waals surface area contributed by atoms with Gasteiger partial charge in [0.25, 0.3) is 5.91 Å². The van der Waals surface area contributed by atoms with Crippen molar-refractivity contribution < 1.29 is 23.9 Å². The highest BCUT2D eigenvalue weighted by molar-refractivity contribution is 5.97. The monoisotopic (exact) mass is 443 g/mol. The van der Waals surface area contributed by atoms with Crippen LogP contribution in [0.15, 0.2) is 18.2 Å². The maximum atomic E-state index is 12.9. The van der Waals surface area contributed by atoms with Crippen LogP contribution in [0.2, 0.25) is 0 Å². The number of fused-ring (bicyclic) bond motifs is 1. The highest BCUT2D eigenvalue weighted by atomic mass is 16.5. The van der Waals surface area contributed by atoms with E-state index in [9.17, 15) is 14.4 Å². The number of benzene rings is 1. The molecule has 1 saturated heterocycles. The number of ether oxygens (including phenoxy) is 2.